The molecule has 0 saturated carbocycles. The van der Waals surface area contributed by atoms with E-state index in [4.69, 9.17) is 5.73 Å². The highest BCUT2D eigenvalue weighted by molar-refractivity contribution is 5.76. The molecule has 1 aromatic rings. The molecule has 0 saturated heterocycles. The predicted molar refractivity (Wildman–Crippen MR) is 64.5 cm³/mol. The molecule has 6 heteroatoms. The van der Waals surface area contributed by atoms with Gasteiger partial charge in [-0.3, -0.25) is 4.79 Å². The van der Waals surface area contributed by atoms with Gasteiger partial charge in [0.25, 0.3) is 0 Å². The summed E-state index contributed by atoms with van der Waals surface area (Å²) in [5, 5.41) is 0. The molecule has 0 fully saturated rings. The summed E-state index contributed by atoms with van der Waals surface area (Å²) in [5.41, 5.74) is 5.48. The molecule has 0 radical (unpaired) electrons. The number of alkyl halides is 3. The van der Waals surface area contributed by atoms with Crippen LogP contribution >= 0.6 is 0 Å². The number of halogens is 3. The molecule has 3 nitrogen and oxygen atoms in total. The summed E-state index contributed by atoms with van der Waals surface area (Å²) < 4.78 is 43.2. The Labute approximate surface area is 109 Å². The summed E-state index contributed by atoms with van der Waals surface area (Å²) in [6.07, 6.45) is -4.66. The van der Waals surface area contributed by atoms with Crippen molar-refractivity contribution >= 4 is 5.97 Å². The van der Waals surface area contributed by atoms with Gasteiger partial charge in [0.15, 0.2) is 0 Å². The molecule has 0 spiro atoms. The highest BCUT2D eigenvalue weighted by Gasteiger charge is 2.34. The lowest BCUT2D eigenvalue weighted by Gasteiger charge is -2.16. The van der Waals surface area contributed by atoms with Crippen LogP contribution in [0.2, 0.25) is 0 Å². The van der Waals surface area contributed by atoms with E-state index in [1.165, 1.54) is 12.1 Å². The molecule has 106 valence electrons. The Kier molecular flexibility index (Phi) is 4.94. The molecule has 0 aliphatic rings. The number of rotatable bonds is 4. The lowest BCUT2D eigenvalue weighted by Crippen LogP contribution is -2.35. The minimum atomic E-state index is -4.46. The summed E-state index contributed by atoms with van der Waals surface area (Å²) in [5.74, 6) is -0.697. The topological polar surface area (TPSA) is 52.3 Å². The number of aryl methyl sites for hydroxylation is 1. The number of benzene rings is 1. The molecule has 1 rings (SSSR count). The Morgan fingerprint density at radius 2 is 2.05 bits per heavy atom. The Hall–Kier alpha value is -1.56. The van der Waals surface area contributed by atoms with Crippen LogP contribution in [0.3, 0.4) is 0 Å². The zero-order chi connectivity index (χ0) is 14.6. The van der Waals surface area contributed by atoms with Crippen molar-refractivity contribution < 1.29 is 22.7 Å². The zero-order valence-electron chi connectivity index (χ0n) is 10.8. The first kappa shape index (κ1) is 15.5. The molecule has 0 aliphatic heterocycles. The average Bonchev–Trinajstić information content (AvgIpc) is 2.27. The highest BCUT2D eigenvalue weighted by Crippen LogP contribution is 2.32. The fourth-order valence-electron chi connectivity index (χ4n) is 1.74. The quantitative estimate of drug-likeness (QED) is 0.859. The fourth-order valence-corrected chi connectivity index (χ4v) is 1.74. The number of carbonyl (C=O) groups is 1. The molecular formula is C13H16F3NO2. The third-order valence-electron chi connectivity index (χ3n) is 2.60. The molecule has 0 aromatic heterocycles. The number of hydrogen-bond donors (Lipinski definition) is 1. The van der Waals surface area contributed by atoms with Crippen molar-refractivity contribution in [3.8, 4) is 0 Å². The van der Waals surface area contributed by atoms with Crippen LogP contribution in [-0.4, -0.2) is 18.6 Å². The number of ether oxygens (including phenoxy) is 1. The maximum Gasteiger partial charge on any atom is 0.416 e. The van der Waals surface area contributed by atoms with Crippen molar-refractivity contribution in [3.05, 3.63) is 34.9 Å². The van der Waals surface area contributed by atoms with E-state index >= 15 is 0 Å². The van der Waals surface area contributed by atoms with E-state index in [0.717, 1.165) is 6.07 Å². The summed E-state index contributed by atoms with van der Waals surface area (Å²) in [6, 6.07) is 2.68. The third kappa shape index (κ3) is 4.24. The van der Waals surface area contributed by atoms with Gasteiger partial charge in [0.2, 0.25) is 0 Å². The number of nitrogens with two attached hydrogens (primary N) is 1. The average molecular weight is 275 g/mol. The monoisotopic (exact) mass is 275 g/mol. The molecule has 0 bridgehead atoms. The third-order valence-corrected chi connectivity index (χ3v) is 2.60. The van der Waals surface area contributed by atoms with Crippen molar-refractivity contribution in [2.24, 2.45) is 5.73 Å². The van der Waals surface area contributed by atoms with Gasteiger partial charge in [0.1, 0.15) is 6.04 Å². The number of carbonyl (C=O) groups excluding carboxylic acids is 1. The van der Waals surface area contributed by atoms with E-state index in [-0.39, 0.29) is 18.6 Å². The minimum absolute atomic E-state index is 0.00746. The van der Waals surface area contributed by atoms with Gasteiger partial charge in [-0.25, -0.2) is 0 Å². The zero-order valence-corrected chi connectivity index (χ0v) is 10.8. The standard InChI is InChI=1S/C13H16F3NO2/c1-3-19-12(18)11(17)7-9-6-8(2)4-5-10(9)13(14,15)16/h4-6,11H,3,7,17H2,1-2H3. The Morgan fingerprint density at radius 3 is 2.58 bits per heavy atom. The van der Waals surface area contributed by atoms with Gasteiger partial charge >= 0.3 is 12.1 Å². The van der Waals surface area contributed by atoms with Crippen LogP contribution in [0.1, 0.15) is 23.6 Å². The molecule has 19 heavy (non-hydrogen) atoms. The first-order chi connectivity index (χ1) is 8.75. The Balaban J connectivity index is 2.99. The second-order valence-electron chi connectivity index (χ2n) is 4.22. The number of esters is 1. The highest BCUT2D eigenvalue weighted by atomic mass is 19.4. The maximum atomic E-state index is 12.8. The SMILES string of the molecule is CCOC(=O)C(N)Cc1cc(C)ccc1C(F)(F)F. The van der Waals surface area contributed by atoms with Gasteiger partial charge in [-0.15, -0.1) is 0 Å². The first-order valence-electron chi connectivity index (χ1n) is 5.84. The van der Waals surface area contributed by atoms with E-state index in [0.29, 0.717) is 5.56 Å². The van der Waals surface area contributed by atoms with Crippen LogP contribution in [-0.2, 0) is 22.1 Å². The van der Waals surface area contributed by atoms with E-state index in [2.05, 4.69) is 4.74 Å². The number of hydrogen-bond acceptors (Lipinski definition) is 3. The van der Waals surface area contributed by atoms with Gasteiger partial charge in [0.05, 0.1) is 12.2 Å². The second kappa shape index (κ2) is 6.06. The van der Waals surface area contributed by atoms with Gasteiger partial charge in [-0.1, -0.05) is 17.7 Å². The first-order valence-corrected chi connectivity index (χ1v) is 5.84. The van der Waals surface area contributed by atoms with Crippen LogP contribution in [0.5, 0.6) is 0 Å². The summed E-state index contributed by atoms with van der Waals surface area (Å²) >= 11 is 0. The van der Waals surface area contributed by atoms with Crippen LogP contribution < -0.4 is 5.73 Å². The molecule has 0 amide bonds. The van der Waals surface area contributed by atoms with Crippen LogP contribution in [0.25, 0.3) is 0 Å². The maximum absolute atomic E-state index is 12.8. The second-order valence-corrected chi connectivity index (χ2v) is 4.22. The van der Waals surface area contributed by atoms with Crippen molar-refractivity contribution in [2.45, 2.75) is 32.5 Å². The van der Waals surface area contributed by atoms with Crippen molar-refractivity contribution in [2.75, 3.05) is 6.61 Å². The van der Waals surface area contributed by atoms with Crippen LogP contribution in [0.4, 0.5) is 13.2 Å². The Morgan fingerprint density at radius 1 is 1.42 bits per heavy atom. The lowest BCUT2D eigenvalue weighted by molar-refractivity contribution is -0.145. The normalized spacial score (nSPS) is 13.2. The van der Waals surface area contributed by atoms with E-state index in [9.17, 15) is 18.0 Å². The summed E-state index contributed by atoms with van der Waals surface area (Å²) in [7, 11) is 0. The van der Waals surface area contributed by atoms with E-state index in [1.54, 1.807) is 13.8 Å². The fraction of sp³-hybridized carbons (Fsp3) is 0.462. The minimum Gasteiger partial charge on any atom is -0.465 e. The molecule has 1 unspecified atom stereocenters. The lowest BCUT2D eigenvalue weighted by atomic mass is 9.98. The van der Waals surface area contributed by atoms with Gasteiger partial charge in [-0.05, 0) is 31.9 Å². The summed E-state index contributed by atoms with van der Waals surface area (Å²) in [4.78, 5) is 11.4. The van der Waals surface area contributed by atoms with Gasteiger partial charge in [-0.2, -0.15) is 13.2 Å². The largest absolute Gasteiger partial charge is 0.465 e. The predicted octanol–water partition coefficient (Wildman–Crippen LogP) is 2.45. The molecule has 0 heterocycles. The van der Waals surface area contributed by atoms with Gasteiger partial charge < -0.3 is 10.5 Å². The summed E-state index contributed by atoms with van der Waals surface area (Å²) in [6.45, 7) is 3.43. The Bertz CT molecular complexity index is 458. The van der Waals surface area contributed by atoms with Crippen LogP contribution in [0, 0.1) is 6.92 Å². The van der Waals surface area contributed by atoms with Crippen LogP contribution in [0.15, 0.2) is 18.2 Å². The molecule has 1 aromatic carbocycles. The molecule has 0 aliphatic carbocycles. The molecular weight excluding hydrogens is 259 g/mol. The van der Waals surface area contributed by atoms with Crippen molar-refractivity contribution in [3.63, 3.8) is 0 Å². The molecule has 1 atom stereocenters. The van der Waals surface area contributed by atoms with Gasteiger partial charge in [0, 0.05) is 0 Å². The van der Waals surface area contributed by atoms with E-state index < -0.39 is 23.8 Å². The van der Waals surface area contributed by atoms with Crippen molar-refractivity contribution in [1.29, 1.82) is 0 Å². The smallest absolute Gasteiger partial charge is 0.416 e. The molecule has 2 N–H and O–H groups in total. The van der Waals surface area contributed by atoms with Crippen molar-refractivity contribution in [1.82, 2.24) is 0 Å². The van der Waals surface area contributed by atoms with E-state index in [1.807, 2.05) is 0 Å².